The van der Waals surface area contributed by atoms with Crippen LogP contribution < -0.4 is 15.5 Å². The zero-order chi connectivity index (χ0) is 18.2. The zero-order valence-corrected chi connectivity index (χ0v) is 18.6. The molecule has 3 rings (SSSR count). The summed E-state index contributed by atoms with van der Waals surface area (Å²) in [4.78, 5) is 19.3. The zero-order valence-electron chi connectivity index (χ0n) is 17.0. The quantitative estimate of drug-likeness (QED) is 0.716. The fraction of sp³-hybridized carbons (Fsp3) is 0.714. The highest BCUT2D eigenvalue weighted by atomic mass is 35.5. The molecule has 7 heteroatoms. The topological polar surface area (TPSA) is 57.3 Å². The molecule has 0 spiro atoms. The summed E-state index contributed by atoms with van der Waals surface area (Å²) in [5, 5.41) is 6.50. The summed E-state index contributed by atoms with van der Waals surface area (Å²) in [7, 11) is 0. The number of halogens is 2. The third-order valence-electron chi connectivity index (χ3n) is 5.88. The van der Waals surface area contributed by atoms with E-state index in [1.54, 1.807) is 0 Å². The van der Waals surface area contributed by atoms with E-state index in [-0.39, 0.29) is 30.7 Å². The van der Waals surface area contributed by atoms with E-state index in [1.165, 1.54) is 38.5 Å². The summed E-state index contributed by atoms with van der Waals surface area (Å²) in [6.45, 7) is 7.16. The van der Waals surface area contributed by atoms with Gasteiger partial charge in [-0.1, -0.05) is 25.8 Å². The maximum Gasteiger partial charge on any atom is 0.220 e. The Hall–Kier alpha value is -1.04. The lowest BCUT2D eigenvalue weighted by atomic mass is 9.85. The van der Waals surface area contributed by atoms with E-state index in [0.29, 0.717) is 24.8 Å². The number of aromatic nitrogens is 1. The number of piperidine rings is 1. The molecule has 1 aromatic heterocycles. The molecule has 160 valence electrons. The van der Waals surface area contributed by atoms with Crippen LogP contribution in [0.2, 0.25) is 0 Å². The lowest BCUT2D eigenvalue weighted by Gasteiger charge is -2.28. The molecular formula is C21H36Cl2N4O. The Bertz CT molecular complexity index is 556. The molecule has 2 aliphatic rings. The van der Waals surface area contributed by atoms with Gasteiger partial charge in [0.05, 0.1) is 0 Å². The number of hydrogen-bond donors (Lipinski definition) is 2. The average molecular weight is 431 g/mol. The highest BCUT2D eigenvalue weighted by Gasteiger charge is 2.21. The van der Waals surface area contributed by atoms with Gasteiger partial charge in [-0.2, -0.15) is 0 Å². The van der Waals surface area contributed by atoms with Crippen LogP contribution in [0.1, 0.15) is 57.4 Å². The third-order valence-corrected chi connectivity index (χ3v) is 5.88. The van der Waals surface area contributed by atoms with Gasteiger partial charge < -0.3 is 15.5 Å². The van der Waals surface area contributed by atoms with Gasteiger partial charge in [0.2, 0.25) is 5.91 Å². The van der Waals surface area contributed by atoms with Crippen LogP contribution in [0.4, 0.5) is 5.82 Å². The van der Waals surface area contributed by atoms with Crippen molar-refractivity contribution in [3.63, 3.8) is 0 Å². The summed E-state index contributed by atoms with van der Waals surface area (Å²) in [5.74, 6) is 2.29. The van der Waals surface area contributed by atoms with Crippen molar-refractivity contribution in [2.45, 2.75) is 58.4 Å². The van der Waals surface area contributed by atoms with Crippen LogP contribution in [-0.2, 0) is 11.3 Å². The van der Waals surface area contributed by atoms with Crippen LogP contribution in [-0.4, -0.2) is 37.1 Å². The summed E-state index contributed by atoms with van der Waals surface area (Å²) < 4.78 is 0. The van der Waals surface area contributed by atoms with Crippen molar-refractivity contribution in [2.24, 2.45) is 11.8 Å². The molecule has 1 amide bonds. The van der Waals surface area contributed by atoms with Gasteiger partial charge in [-0.3, -0.25) is 4.79 Å². The van der Waals surface area contributed by atoms with E-state index in [2.05, 4.69) is 39.6 Å². The Balaban J connectivity index is 0.00000196. The number of carbonyl (C=O) groups is 1. The fourth-order valence-corrected chi connectivity index (χ4v) is 4.10. The first-order valence-electron chi connectivity index (χ1n) is 10.4. The minimum atomic E-state index is 0. The smallest absolute Gasteiger partial charge is 0.220 e. The maximum absolute atomic E-state index is 12.3. The van der Waals surface area contributed by atoms with Gasteiger partial charge in [0.25, 0.3) is 0 Å². The van der Waals surface area contributed by atoms with E-state index in [0.717, 1.165) is 37.6 Å². The molecule has 2 aliphatic heterocycles. The van der Waals surface area contributed by atoms with Crippen molar-refractivity contribution in [2.75, 3.05) is 31.1 Å². The number of pyridine rings is 1. The second kappa shape index (κ2) is 13.2. The molecule has 0 aliphatic carbocycles. The Labute approximate surface area is 182 Å². The van der Waals surface area contributed by atoms with Gasteiger partial charge in [0.1, 0.15) is 5.82 Å². The summed E-state index contributed by atoms with van der Waals surface area (Å²) in [6, 6.07) is 4.20. The van der Waals surface area contributed by atoms with Gasteiger partial charge >= 0.3 is 0 Å². The first-order chi connectivity index (χ1) is 12.7. The molecule has 28 heavy (non-hydrogen) atoms. The van der Waals surface area contributed by atoms with E-state index in [1.807, 2.05) is 6.20 Å². The molecule has 0 aromatic carbocycles. The second-order valence-corrected chi connectivity index (χ2v) is 7.99. The monoisotopic (exact) mass is 430 g/mol. The van der Waals surface area contributed by atoms with E-state index in [9.17, 15) is 4.79 Å². The normalized spacial score (nSPS) is 20.9. The molecule has 2 saturated heterocycles. The predicted octanol–water partition coefficient (Wildman–Crippen LogP) is 3.95. The van der Waals surface area contributed by atoms with Crippen molar-refractivity contribution >= 4 is 36.5 Å². The number of amides is 1. The van der Waals surface area contributed by atoms with Crippen LogP contribution in [0, 0.1) is 11.8 Å². The number of rotatable bonds is 6. The standard InChI is InChI=1S/C21H34N4O.2ClH/c1-17(19-7-6-10-22-16-19)13-21(26)24-15-18-8-9-20(23-14-18)25-11-4-2-3-5-12-25;;/h8-9,14,17,19,22H,2-7,10-13,15-16H2,1H3,(H,24,26);2*1H. The Morgan fingerprint density at radius 2 is 1.96 bits per heavy atom. The highest BCUT2D eigenvalue weighted by molar-refractivity contribution is 5.85. The van der Waals surface area contributed by atoms with Crippen LogP contribution in [0.3, 0.4) is 0 Å². The molecule has 2 atom stereocenters. The van der Waals surface area contributed by atoms with Crippen LogP contribution in [0.15, 0.2) is 18.3 Å². The number of nitrogens with one attached hydrogen (secondary N) is 2. The van der Waals surface area contributed by atoms with Crippen molar-refractivity contribution in [3.05, 3.63) is 23.9 Å². The molecular weight excluding hydrogens is 395 g/mol. The van der Waals surface area contributed by atoms with Crippen molar-refractivity contribution in [3.8, 4) is 0 Å². The molecule has 2 fully saturated rings. The van der Waals surface area contributed by atoms with Gasteiger partial charge in [-0.25, -0.2) is 4.98 Å². The molecule has 2 unspecified atom stereocenters. The summed E-state index contributed by atoms with van der Waals surface area (Å²) in [6.07, 6.45) is 10.2. The number of carbonyl (C=O) groups excluding carboxylic acids is 1. The molecule has 3 heterocycles. The summed E-state index contributed by atoms with van der Waals surface area (Å²) in [5.41, 5.74) is 1.07. The number of nitrogens with zero attached hydrogens (tertiary/aromatic N) is 2. The Kier molecular flexibility index (Phi) is 11.8. The van der Waals surface area contributed by atoms with Gasteiger partial charge in [-0.15, -0.1) is 24.8 Å². The van der Waals surface area contributed by atoms with Crippen LogP contribution >= 0.6 is 24.8 Å². The second-order valence-electron chi connectivity index (χ2n) is 7.99. The lowest BCUT2D eigenvalue weighted by Crippen LogP contribution is -2.35. The van der Waals surface area contributed by atoms with Gasteiger partial charge in [0.15, 0.2) is 0 Å². The fourth-order valence-electron chi connectivity index (χ4n) is 4.10. The number of hydrogen-bond acceptors (Lipinski definition) is 4. The van der Waals surface area contributed by atoms with Crippen LogP contribution in [0.5, 0.6) is 0 Å². The summed E-state index contributed by atoms with van der Waals surface area (Å²) >= 11 is 0. The Morgan fingerprint density at radius 1 is 1.21 bits per heavy atom. The van der Waals surface area contributed by atoms with Crippen molar-refractivity contribution in [1.29, 1.82) is 0 Å². The van der Waals surface area contributed by atoms with E-state index < -0.39 is 0 Å². The number of anilines is 1. The predicted molar refractivity (Wildman–Crippen MR) is 121 cm³/mol. The third kappa shape index (κ3) is 7.76. The molecule has 0 saturated carbocycles. The van der Waals surface area contributed by atoms with Crippen molar-refractivity contribution < 1.29 is 4.79 Å². The lowest BCUT2D eigenvalue weighted by molar-refractivity contribution is -0.122. The Morgan fingerprint density at radius 3 is 2.57 bits per heavy atom. The molecule has 1 aromatic rings. The SMILES string of the molecule is CC(CC(=O)NCc1ccc(N2CCCCCC2)nc1)C1CCCNC1.Cl.Cl. The minimum absolute atomic E-state index is 0. The maximum atomic E-state index is 12.3. The highest BCUT2D eigenvalue weighted by Crippen LogP contribution is 2.22. The molecule has 0 bridgehead atoms. The van der Waals surface area contributed by atoms with Crippen molar-refractivity contribution in [1.82, 2.24) is 15.6 Å². The van der Waals surface area contributed by atoms with E-state index >= 15 is 0 Å². The average Bonchev–Trinajstić information content (AvgIpc) is 2.97. The minimum Gasteiger partial charge on any atom is -0.357 e. The molecule has 5 nitrogen and oxygen atoms in total. The first kappa shape index (κ1) is 25.0. The van der Waals surface area contributed by atoms with Gasteiger partial charge in [-0.05, 0) is 62.2 Å². The first-order valence-corrected chi connectivity index (χ1v) is 10.4. The van der Waals surface area contributed by atoms with E-state index in [4.69, 9.17) is 0 Å². The molecule has 2 N–H and O–H groups in total. The molecule has 0 radical (unpaired) electrons. The largest absolute Gasteiger partial charge is 0.357 e. The van der Waals surface area contributed by atoms with Gasteiger partial charge in [0, 0.05) is 32.3 Å². The van der Waals surface area contributed by atoms with Crippen LogP contribution in [0.25, 0.3) is 0 Å².